The van der Waals surface area contributed by atoms with Crippen LogP contribution < -0.4 is 5.69 Å². The quantitative estimate of drug-likeness (QED) is 0.686. The molecule has 0 radical (unpaired) electrons. The highest BCUT2D eigenvalue weighted by molar-refractivity contribution is 7.98. The molecule has 1 aliphatic heterocycles. The van der Waals surface area contributed by atoms with Crippen molar-refractivity contribution < 1.29 is 4.79 Å². The maximum Gasteiger partial charge on any atom is 0.346 e. The van der Waals surface area contributed by atoms with Crippen molar-refractivity contribution in [3.63, 3.8) is 0 Å². The van der Waals surface area contributed by atoms with Crippen LogP contribution in [0.3, 0.4) is 0 Å². The van der Waals surface area contributed by atoms with E-state index in [0.717, 1.165) is 25.4 Å². The molecule has 0 aromatic carbocycles. The summed E-state index contributed by atoms with van der Waals surface area (Å²) in [6.07, 6.45) is 6.81. The second-order valence-corrected chi connectivity index (χ2v) is 6.84. The molecule has 0 bridgehead atoms. The molecule has 21 heavy (non-hydrogen) atoms. The summed E-state index contributed by atoms with van der Waals surface area (Å²) in [5.41, 5.74) is 0.805. The number of amides is 1. The van der Waals surface area contributed by atoms with Crippen LogP contribution in [0.1, 0.15) is 41.7 Å². The topological polar surface area (TPSA) is 66.1 Å². The number of H-pyrrole nitrogens is 1. The molecular formula is C15H21N3O2S. The van der Waals surface area contributed by atoms with Crippen molar-refractivity contribution in [3.05, 3.63) is 21.7 Å². The van der Waals surface area contributed by atoms with Gasteiger partial charge in [0.1, 0.15) is 5.03 Å². The number of likely N-dealkylation sites (tertiary alicyclic amines) is 1. The standard InChI is InChI=1S/C15H21N3O2S/c1-9-12(13(21-2)17-15(20)16-9)14(19)18-7-3-4-11(8-18)10-5-6-10/h10-11H,3-8H2,1-2H3,(H,16,17,20). The van der Waals surface area contributed by atoms with E-state index in [4.69, 9.17) is 0 Å². The molecule has 1 atom stereocenters. The van der Waals surface area contributed by atoms with Gasteiger partial charge in [-0.05, 0) is 50.7 Å². The molecule has 1 unspecified atom stereocenters. The highest BCUT2D eigenvalue weighted by atomic mass is 32.2. The van der Waals surface area contributed by atoms with E-state index in [2.05, 4.69) is 9.97 Å². The Hall–Kier alpha value is -1.30. The van der Waals surface area contributed by atoms with Crippen LogP contribution >= 0.6 is 11.8 Å². The van der Waals surface area contributed by atoms with Gasteiger partial charge in [-0.15, -0.1) is 11.8 Å². The van der Waals surface area contributed by atoms with Gasteiger partial charge in [-0.25, -0.2) is 4.79 Å². The molecule has 114 valence electrons. The van der Waals surface area contributed by atoms with Crippen molar-refractivity contribution in [2.75, 3.05) is 19.3 Å². The van der Waals surface area contributed by atoms with Crippen LogP contribution in [-0.2, 0) is 0 Å². The van der Waals surface area contributed by atoms with Crippen LogP contribution in [0.4, 0.5) is 0 Å². The van der Waals surface area contributed by atoms with Gasteiger partial charge in [-0.1, -0.05) is 0 Å². The minimum atomic E-state index is -0.386. The highest BCUT2D eigenvalue weighted by Crippen LogP contribution is 2.41. The van der Waals surface area contributed by atoms with Crippen molar-refractivity contribution in [2.45, 2.75) is 37.6 Å². The van der Waals surface area contributed by atoms with Gasteiger partial charge in [0.15, 0.2) is 0 Å². The molecule has 1 aromatic heterocycles. The second kappa shape index (κ2) is 5.83. The summed E-state index contributed by atoms with van der Waals surface area (Å²) >= 11 is 1.36. The fourth-order valence-electron chi connectivity index (χ4n) is 3.26. The monoisotopic (exact) mass is 307 g/mol. The Kier molecular flexibility index (Phi) is 4.06. The van der Waals surface area contributed by atoms with Crippen LogP contribution in [0, 0.1) is 18.8 Å². The van der Waals surface area contributed by atoms with E-state index < -0.39 is 0 Å². The summed E-state index contributed by atoms with van der Waals surface area (Å²) in [7, 11) is 0. The van der Waals surface area contributed by atoms with Gasteiger partial charge in [0.2, 0.25) is 0 Å². The lowest BCUT2D eigenvalue weighted by Gasteiger charge is -2.33. The van der Waals surface area contributed by atoms with Crippen LogP contribution in [0.25, 0.3) is 0 Å². The molecule has 1 saturated carbocycles. The highest BCUT2D eigenvalue weighted by Gasteiger charge is 2.36. The maximum atomic E-state index is 12.9. The average molecular weight is 307 g/mol. The number of nitrogens with zero attached hydrogens (tertiary/aromatic N) is 2. The first-order valence-corrected chi connectivity index (χ1v) is 8.76. The van der Waals surface area contributed by atoms with Crippen molar-refractivity contribution in [1.29, 1.82) is 0 Å². The third-order valence-corrected chi connectivity index (χ3v) is 5.21. The molecule has 6 heteroatoms. The smallest absolute Gasteiger partial charge is 0.338 e. The lowest BCUT2D eigenvalue weighted by molar-refractivity contribution is 0.0654. The first-order valence-electron chi connectivity index (χ1n) is 7.54. The molecule has 0 spiro atoms. The third-order valence-electron chi connectivity index (χ3n) is 4.53. The number of carbonyl (C=O) groups excluding carboxylic acids is 1. The molecule has 5 nitrogen and oxygen atoms in total. The van der Waals surface area contributed by atoms with Gasteiger partial charge in [0.05, 0.1) is 5.56 Å². The Balaban J connectivity index is 1.85. The zero-order valence-electron chi connectivity index (χ0n) is 12.5. The Labute approximate surface area is 128 Å². The predicted molar refractivity (Wildman–Crippen MR) is 82.7 cm³/mol. The van der Waals surface area contributed by atoms with E-state index in [9.17, 15) is 9.59 Å². The lowest BCUT2D eigenvalue weighted by atomic mass is 9.93. The van der Waals surface area contributed by atoms with E-state index in [1.165, 1.54) is 31.0 Å². The van der Waals surface area contributed by atoms with Gasteiger partial charge in [0.25, 0.3) is 5.91 Å². The van der Waals surface area contributed by atoms with E-state index in [1.54, 1.807) is 6.92 Å². The first-order chi connectivity index (χ1) is 10.1. The minimum absolute atomic E-state index is 0.0194. The number of carbonyl (C=O) groups is 1. The summed E-state index contributed by atoms with van der Waals surface area (Å²) in [5, 5.41) is 0.537. The van der Waals surface area contributed by atoms with Gasteiger partial charge in [-0.2, -0.15) is 4.98 Å². The molecule has 2 fully saturated rings. The molecule has 3 rings (SSSR count). The zero-order valence-corrected chi connectivity index (χ0v) is 13.3. The number of aromatic amines is 1. The van der Waals surface area contributed by atoms with Gasteiger partial charge in [-0.3, -0.25) is 4.79 Å². The van der Waals surface area contributed by atoms with E-state index in [1.807, 2.05) is 11.2 Å². The van der Waals surface area contributed by atoms with E-state index in [0.29, 0.717) is 22.2 Å². The first kappa shape index (κ1) is 14.6. The number of hydrogen-bond acceptors (Lipinski definition) is 4. The normalized spacial score (nSPS) is 22.4. The summed E-state index contributed by atoms with van der Waals surface area (Å²) in [4.78, 5) is 32.9. The molecule has 1 amide bonds. The third kappa shape index (κ3) is 3.00. The second-order valence-electron chi connectivity index (χ2n) is 6.04. The van der Waals surface area contributed by atoms with Crippen LogP contribution in [0.2, 0.25) is 0 Å². The number of aryl methyl sites for hydroxylation is 1. The lowest BCUT2D eigenvalue weighted by Crippen LogP contribution is -2.41. The van der Waals surface area contributed by atoms with Crippen molar-refractivity contribution >= 4 is 17.7 Å². The van der Waals surface area contributed by atoms with Gasteiger partial charge < -0.3 is 9.88 Å². The van der Waals surface area contributed by atoms with Gasteiger partial charge in [0, 0.05) is 18.8 Å². The molecule has 2 heterocycles. The zero-order chi connectivity index (χ0) is 15.0. The van der Waals surface area contributed by atoms with Crippen LogP contribution in [0.15, 0.2) is 9.82 Å². The van der Waals surface area contributed by atoms with E-state index in [-0.39, 0.29) is 11.6 Å². The minimum Gasteiger partial charge on any atom is -0.338 e. The molecule has 1 saturated heterocycles. The SMILES string of the molecule is CSc1nc(=O)[nH]c(C)c1C(=O)N1CCCC(C2CC2)C1. The summed E-state index contributed by atoms with van der Waals surface area (Å²) < 4.78 is 0. The predicted octanol–water partition coefficient (Wildman–Crippen LogP) is 2.06. The average Bonchev–Trinajstić information content (AvgIpc) is 3.30. The number of thioether (sulfide) groups is 1. The Bertz CT molecular complexity index is 609. The fourth-order valence-corrected chi connectivity index (χ4v) is 3.88. The number of piperidine rings is 1. The number of nitrogens with one attached hydrogen (secondary N) is 1. The Morgan fingerprint density at radius 3 is 2.76 bits per heavy atom. The van der Waals surface area contributed by atoms with Crippen LogP contribution in [0.5, 0.6) is 0 Å². The summed E-state index contributed by atoms with van der Waals surface area (Å²) in [5.74, 6) is 1.51. The van der Waals surface area contributed by atoms with Crippen molar-refractivity contribution in [1.82, 2.24) is 14.9 Å². The van der Waals surface area contributed by atoms with Gasteiger partial charge >= 0.3 is 5.69 Å². The maximum absolute atomic E-state index is 12.9. The van der Waals surface area contributed by atoms with Crippen LogP contribution in [-0.4, -0.2) is 40.1 Å². The molecule has 1 N–H and O–H groups in total. The molecule has 1 aliphatic carbocycles. The summed E-state index contributed by atoms with van der Waals surface area (Å²) in [6, 6.07) is 0. The fraction of sp³-hybridized carbons (Fsp3) is 0.667. The number of rotatable bonds is 3. The van der Waals surface area contributed by atoms with Crippen molar-refractivity contribution in [2.24, 2.45) is 11.8 Å². The largest absolute Gasteiger partial charge is 0.346 e. The molecular weight excluding hydrogens is 286 g/mol. The van der Waals surface area contributed by atoms with E-state index >= 15 is 0 Å². The summed E-state index contributed by atoms with van der Waals surface area (Å²) in [6.45, 7) is 3.45. The molecule has 1 aromatic rings. The number of hydrogen-bond donors (Lipinski definition) is 1. The number of aromatic nitrogens is 2. The van der Waals surface area contributed by atoms with Crippen molar-refractivity contribution in [3.8, 4) is 0 Å². The Morgan fingerprint density at radius 1 is 1.33 bits per heavy atom. The Morgan fingerprint density at radius 2 is 2.10 bits per heavy atom. The molecule has 2 aliphatic rings.